The number of carbonyl (C=O) groups excluding carboxylic acids is 1. The molecule has 3 aromatic carbocycles. The van der Waals surface area contributed by atoms with E-state index in [1.165, 1.54) is 6.07 Å². The van der Waals surface area contributed by atoms with Crippen LogP contribution < -0.4 is 15.8 Å². The van der Waals surface area contributed by atoms with E-state index in [4.69, 9.17) is 0 Å². The molecule has 4 rings (SSSR count). The van der Waals surface area contributed by atoms with Crippen molar-refractivity contribution >= 4 is 17.3 Å². The van der Waals surface area contributed by atoms with E-state index in [9.17, 15) is 18.0 Å². The minimum Gasteiger partial charge on any atom is -0.279 e. The fourth-order valence-corrected chi connectivity index (χ4v) is 3.41. The SMILES string of the molecule is O=C1C(NNCc2cccc(C(F)(F)F)c2)c2ccccc2N1c1ccccc1. The predicted octanol–water partition coefficient (Wildman–Crippen LogP) is 4.72. The molecule has 1 aliphatic rings. The van der Waals surface area contributed by atoms with Crippen LogP contribution in [0.5, 0.6) is 0 Å². The highest BCUT2D eigenvalue weighted by Crippen LogP contribution is 2.40. The Labute approximate surface area is 165 Å². The Bertz CT molecular complexity index is 1020. The first-order chi connectivity index (χ1) is 13.9. The normalized spacial score (nSPS) is 16.2. The number of halogens is 3. The molecule has 0 bridgehead atoms. The standard InChI is InChI=1S/C22H18F3N3O/c23-22(24,25)16-8-6-7-15(13-16)14-26-27-20-18-11-4-5-12-19(18)28(21(20)29)17-9-2-1-3-10-17/h1-13,20,26-27H,14H2. The third kappa shape index (κ3) is 3.87. The van der Waals surface area contributed by atoms with Crippen LogP contribution in [-0.4, -0.2) is 5.91 Å². The van der Waals surface area contributed by atoms with Crippen molar-refractivity contribution < 1.29 is 18.0 Å². The van der Waals surface area contributed by atoms with Gasteiger partial charge >= 0.3 is 6.18 Å². The minimum absolute atomic E-state index is 0.140. The molecule has 148 valence electrons. The van der Waals surface area contributed by atoms with Crippen molar-refractivity contribution in [2.24, 2.45) is 0 Å². The number of alkyl halides is 3. The van der Waals surface area contributed by atoms with E-state index in [2.05, 4.69) is 10.9 Å². The Morgan fingerprint density at radius 2 is 1.62 bits per heavy atom. The molecule has 0 aliphatic carbocycles. The van der Waals surface area contributed by atoms with Crippen molar-refractivity contribution in [2.45, 2.75) is 18.8 Å². The van der Waals surface area contributed by atoms with Gasteiger partial charge in [0.25, 0.3) is 5.91 Å². The number of nitrogens with one attached hydrogen (secondary N) is 2. The average Bonchev–Trinajstić information content (AvgIpc) is 3.00. The second kappa shape index (κ2) is 7.69. The number of benzene rings is 3. The van der Waals surface area contributed by atoms with E-state index in [0.717, 1.165) is 29.1 Å². The largest absolute Gasteiger partial charge is 0.416 e. The zero-order valence-electron chi connectivity index (χ0n) is 15.3. The summed E-state index contributed by atoms with van der Waals surface area (Å²) in [6.45, 7) is 0.140. The summed E-state index contributed by atoms with van der Waals surface area (Å²) < 4.78 is 38.6. The second-order valence-corrected chi connectivity index (χ2v) is 6.70. The van der Waals surface area contributed by atoms with Crippen molar-refractivity contribution in [3.8, 4) is 0 Å². The number of hydrogen-bond acceptors (Lipinski definition) is 3. The Hall–Kier alpha value is -3.16. The lowest BCUT2D eigenvalue weighted by Crippen LogP contribution is -2.40. The van der Waals surface area contributed by atoms with E-state index >= 15 is 0 Å². The molecular weight excluding hydrogens is 379 g/mol. The quantitative estimate of drug-likeness (QED) is 0.613. The highest BCUT2D eigenvalue weighted by atomic mass is 19.4. The van der Waals surface area contributed by atoms with Crippen LogP contribution in [0.15, 0.2) is 78.9 Å². The van der Waals surface area contributed by atoms with Gasteiger partial charge in [-0.2, -0.15) is 13.2 Å². The summed E-state index contributed by atoms with van der Waals surface area (Å²) >= 11 is 0. The summed E-state index contributed by atoms with van der Waals surface area (Å²) in [7, 11) is 0. The molecule has 0 aromatic heterocycles. The molecule has 0 fully saturated rings. The number of anilines is 2. The maximum absolute atomic E-state index is 13.1. The zero-order chi connectivity index (χ0) is 20.4. The lowest BCUT2D eigenvalue weighted by molar-refractivity contribution is -0.137. The summed E-state index contributed by atoms with van der Waals surface area (Å²) in [6.07, 6.45) is -4.39. The van der Waals surface area contributed by atoms with Crippen LogP contribution in [0.4, 0.5) is 24.5 Å². The first kappa shape index (κ1) is 19.2. The van der Waals surface area contributed by atoms with E-state index < -0.39 is 17.8 Å². The molecular formula is C22H18F3N3O. The number of fused-ring (bicyclic) bond motifs is 1. The molecule has 1 aliphatic heterocycles. The second-order valence-electron chi connectivity index (χ2n) is 6.70. The lowest BCUT2D eigenvalue weighted by atomic mass is 10.1. The smallest absolute Gasteiger partial charge is 0.279 e. The van der Waals surface area contributed by atoms with Gasteiger partial charge < -0.3 is 0 Å². The maximum Gasteiger partial charge on any atom is 0.416 e. The van der Waals surface area contributed by atoms with Gasteiger partial charge in [-0.1, -0.05) is 54.6 Å². The van der Waals surface area contributed by atoms with Crippen LogP contribution in [0.2, 0.25) is 0 Å². The summed E-state index contributed by atoms with van der Waals surface area (Å²) in [5.41, 5.74) is 7.98. The van der Waals surface area contributed by atoms with Crippen LogP contribution in [0, 0.1) is 0 Å². The van der Waals surface area contributed by atoms with E-state index in [1.807, 2.05) is 54.6 Å². The minimum atomic E-state index is -4.39. The van der Waals surface area contributed by atoms with Crippen LogP contribution in [0.1, 0.15) is 22.7 Å². The van der Waals surface area contributed by atoms with Gasteiger partial charge in [0, 0.05) is 17.8 Å². The van der Waals surface area contributed by atoms with Crippen molar-refractivity contribution in [2.75, 3.05) is 4.90 Å². The molecule has 29 heavy (non-hydrogen) atoms. The fourth-order valence-electron chi connectivity index (χ4n) is 3.41. The Morgan fingerprint density at radius 1 is 0.897 bits per heavy atom. The number of amides is 1. The number of hydrazine groups is 1. The number of para-hydroxylation sites is 2. The monoisotopic (exact) mass is 397 g/mol. The maximum atomic E-state index is 13.1. The van der Waals surface area contributed by atoms with Gasteiger partial charge in [0.15, 0.2) is 0 Å². The molecule has 0 radical (unpaired) electrons. The van der Waals surface area contributed by atoms with Gasteiger partial charge in [0.05, 0.1) is 11.3 Å². The summed E-state index contributed by atoms with van der Waals surface area (Å²) in [5.74, 6) is -0.158. The molecule has 0 saturated heterocycles. The Balaban J connectivity index is 1.50. The molecule has 2 N–H and O–H groups in total. The predicted molar refractivity (Wildman–Crippen MR) is 104 cm³/mol. The topological polar surface area (TPSA) is 44.4 Å². The van der Waals surface area contributed by atoms with Gasteiger partial charge in [0.2, 0.25) is 0 Å². The first-order valence-electron chi connectivity index (χ1n) is 9.07. The Kier molecular flexibility index (Phi) is 5.08. The molecule has 1 unspecified atom stereocenters. The van der Waals surface area contributed by atoms with Crippen LogP contribution in [-0.2, 0) is 17.5 Å². The summed E-state index contributed by atoms with van der Waals surface area (Å²) in [5, 5.41) is 0. The molecule has 7 heteroatoms. The molecule has 1 amide bonds. The first-order valence-corrected chi connectivity index (χ1v) is 9.07. The van der Waals surface area contributed by atoms with Crippen molar-refractivity contribution in [3.63, 3.8) is 0 Å². The van der Waals surface area contributed by atoms with Gasteiger partial charge in [-0.05, 0) is 29.8 Å². The Morgan fingerprint density at radius 3 is 2.38 bits per heavy atom. The van der Waals surface area contributed by atoms with E-state index in [0.29, 0.717) is 5.56 Å². The number of carbonyl (C=O) groups is 1. The summed E-state index contributed by atoms with van der Waals surface area (Å²) in [6, 6.07) is 21.2. The van der Waals surface area contributed by atoms with Crippen LogP contribution >= 0.6 is 0 Å². The highest BCUT2D eigenvalue weighted by Gasteiger charge is 2.37. The molecule has 3 aromatic rings. The van der Waals surface area contributed by atoms with Gasteiger partial charge in [-0.25, -0.2) is 5.43 Å². The van der Waals surface area contributed by atoms with E-state index in [1.54, 1.807) is 11.0 Å². The lowest BCUT2D eigenvalue weighted by Gasteiger charge is -2.18. The fraction of sp³-hybridized carbons (Fsp3) is 0.136. The third-order valence-corrected chi connectivity index (χ3v) is 4.76. The number of rotatable bonds is 5. The van der Waals surface area contributed by atoms with Crippen molar-refractivity contribution in [3.05, 3.63) is 95.6 Å². The molecule has 0 saturated carbocycles. The summed E-state index contributed by atoms with van der Waals surface area (Å²) in [4.78, 5) is 14.7. The van der Waals surface area contributed by atoms with Gasteiger partial charge in [-0.15, -0.1) is 0 Å². The van der Waals surface area contributed by atoms with Crippen molar-refractivity contribution in [1.29, 1.82) is 0 Å². The molecule has 4 nitrogen and oxygen atoms in total. The number of nitrogens with zero attached hydrogens (tertiary/aromatic N) is 1. The number of hydrogen-bond donors (Lipinski definition) is 2. The molecule has 1 atom stereocenters. The zero-order valence-corrected chi connectivity index (χ0v) is 15.3. The van der Waals surface area contributed by atoms with Crippen LogP contribution in [0.3, 0.4) is 0 Å². The molecule has 1 heterocycles. The van der Waals surface area contributed by atoms with Crippen LogP contribution in [0.25, 0.3) is 0 Å². The third-order valence-electron chi connectivity index (χ3n) is 4.76. The average molecular weight is 397 g/mol. The molecule has 0 spiro atoms. The van der Waals surface area contributed by atoms with E-state index in [-0.39, 0.29) is 12.5 Å². The van der Waals surface area contributed by atoms with Crippen molar-refractivity contribution in [1.82, 2.24) is 10.9 Å². The van der Waals surface area contributed by atoms with Gasteiger partial charge in [0.1, 0.15) is 6.04 Å². The van der Waals surface area contributed by atoms with Gasteiger partial charge in [-0.3, -0.25) is 15.1 Å². The highest BCUT2D eigenvalue weighted by molar-refractivity contribution is 6.09.